The van der Waals surface area contributed by atoms with Crippen LogP contribution in [0.1, 0.15) is 77.8 Å². The van der Waals surface area contributed by atoms with E-state index in [0.717, 1.165) is 43.2 Å². The summed E-state index contributed by atoms with van der Waals surface area (Å²) in [6.07, 6.45) is 2.75. The molecule has 2 aromatic rings. The minimum Gasteiger partial charge on any atom is -0.432 e. The second kappa shape index (κ2) is 18.2. The lowest BCUT2D eigenvalue weighted by Gasteiger charge is -2.05. The minimum atomic E-state index is -1.14. The molecule has 0 spiro atoms. The number of unbranched alkanes of at least 4 members (excludes halogenated alkanes) is 4. The zero-order valence-electron chi connectivity index (χ0n) is 21.9. The van der Waals surface area contributed by atoms with Crippen LogP contribution in [-0.2, 0) is 51.9 Å². The van der Waals surface area contributed by atoms with Crippen LogP contribution in [0.5, 0.6) is 0 Å². The van der Waals surface area contributed by atoms with Crippen LogP contribution in [0.3, 0.4) is 0 Å². The summed E-state index contributed by atoms with van der Waals surface area (Å²) in [4.78, 5) is 63.6. The third kappa shape index (κ3) is 12.8. The second-order valence-electron chi connectivity index (χ2n) is 8.11. The van der Waals surface area contributed by atoms with Crippen LogP contribution in [-0.4, -0.2) is 37.5 Å². The molecular formula is C27H32O12. The molecule has 0 fully saturated rings. The molecule has 0 atom stereocenters. The van der Waals surface area contributed by atoms with Crippen molar-refractivity contribution in [2.75, 3.05) is 13.2 Å². The highest BCUT2D eigenvalue weighted by Crippen LogP contribution is 2.09. The fraction of sp³-hybridized carbons (Fsp3) is 0.407. The number of carbonyl (C=O) groups excluding carboxylic acids is 4. The Bertz CT molecular complexity index is 950. The van der Waals surface area contributed by atoms with Crippen molar-refractivity contribution in [3.63, 3.8) is 0 Å². The monoisotopic (exact) mass is 548 g/mol. The average Bonchev–Trinajstić information content (AvgIpc) is 2.96. The van der Waals surface area contributed by atoms with Crippen LogP contribution < -0.4 is 0 Å². The molecule has 0 aliphatic rings. The molecule has 2 aromatic carbocycles. The average molecular weight is 549 g/mol. The van der Waals surface area contributed by atoms with Crippen LogP contribution in [0.25, 0.3) is 0 Å². The second-order valence-corrected chi connectivity index (χ2v) is 8.11. The van der Waals surface area contributed by atoms with E-state index in [1.165, 1.54) is 0 Å². The number of rotatable bonds is 16. The van der Waals surface area contributed by atoms with Gasteiger partial charge in [0.05, 0.1) is 34.4 Å². The Hall–Kier alpha value is -4.16. The molecule has 0 aliphatic carbocycles. The number of hydrogen-bond donors (Lipinski definition) is 0. The molecule has 0 bridgehead atoms. The molecular weight excluding hydrogens is 516 g/mol. The van der Waals surface area contributed by atoms with Crippen molar-refractivity contribution < 1.29 is 58.3 Å². The maximum Gasteiger partial charge on any atom is 0.543 e. The topological polar surface area (TPSA) is 142 Å². The summed E-state index contributed by atoms with van der Waals surface area (Å²) in [7, 11) is 0. The Morgan fingerprint density at radius 3 is 1.23 bits per heavy atom. The molecule has 0 N–H and O–H groups in total. The molecule has 212 valence electrons. The van der Waals surface area contributed by atoms with Gasteiger partial charge in [-0.15, -0.1) is 0 Å². The summed E-state index contributed by atoms with van der Waals surface area (Å²) < 4.78 is 9.60. The fourth-order valence-electron chi connectivity index (χ4n) is 3.09. The number of ether oxygens (including phenoxy) is 2. The fourth-order valence-corrected chi connectivity index (χ4v) is 3.09. The van der Waals surface area contributed by atoms with Crippen molar-refractivity contribution in [1.82, 2.24) is 0 Å². The molecule has 39 heavy (non-hydrogen) atoms. The van der Waals surface area contributed by atoms with Crippen molar-refractivity contribution in [2.24, 2.45) is 0 Å². The van der Waals surface area contributed by atoms with Crippen LogP contribution in [0.4, 0.5) is 9.59 Å². The van der Waals surface area contributed by atoms with Gasteiger partial charge < -0.3 is 9.47 Å². The maximum atomic E-state index is 11.8. The number of aryl methyl sites for hydroxylation is 2. The normalized spacial score (nSPS) is 10.3. The lowest BCUT2D eigenvalue weighted by molar-refractivity contribution is -0.452. The lowest BCUT2D eigenvalue weighted by Crippen LogP contribution is -2.13. The van der Waals surface area contributed by atoms with Crippen molar-refractivity contribution >= 4 is 24.2 Å². The van der Waals surface area contributed by atoms with Crippen molar-refractivity contribution in [2.45, 2.75) is 58.8 Å². The summed E-state index contributed by atoms with van der Waals surface area (Å²) in [6.45, 7) is 4.13. The van der Waals surface area contributed by atoms with Crippen LogP contribution >= 0.6 is 0 Å². The van der Waals surface area contributed by atoms with Gasteiger partial charge in [0, 0.05) is 0 Å². The Morgan fingerprint density at radius 2 is 0.872 bits per heavy atom. The van der Waals surface area contributed by atoms with E-state index in [2.05, 4.69) is 29.6 Å². The van der Waals surface area contributed by atoms with Gasteiger partial charge in [0.2, 0.25) is 0 Å². The standard InChI is InChI=1S/C27H32O12/c1-3-20-10-14-22(15-11-20)24(28)34-38-36-26(30)32-18-8-6-5-7-9-19-33-27(31)37-39-35-25(29)23-16-12-21(4-2)13-17-23/h10-17H,3-9,18-19H2,1-2H3. The van der Waals surface area contributed by atoms with E-state index in [9.17, 15) is 19.2 Å². The van der Waals surface area contributed by atoms with E-state index in [4.69, 9.17) is 9.47 Å². The van der Waals surface area contributed by atoms with Gasteiger partial charge in [0.15, 0.2) is 0 Å². The molecule has 0 amide bonds. The van der Waals surface area contributed by atoms with Gasteiger partial charge in [-0.3, -0.25) is 9.78 Å². The molecule has 0 saturated carbocycles. The Labute approximate surface area is 225 Å². The van der Waals surface area contributed by atoms with Crippen molar-refractivity contribution in [3.8, 4) is 0 Å². The summed E-state index contributed by atoms with van der Waals surface area (Å²) >= 11 is 0. The molecule has 0 radical (unpaired) electrons. The molecule has 0 aliphatic heterocycles. The third-order valence-electron chi connectivity index (χ3n) is 5.35. The van der Waals surface area contributed by atoms with E-state index in [0.29, 0.717) is 12.8 Å². The van der Waals surface area contributed by atoms with Gasteiger partial charge in [-0.2, -0.15) is 0 Å². The van der Waals surface area contributed by atoms with Gasteiger partial charge in [-0.1, -0.05) is 57.4 Å². The maximum absolute atomic E-state index is 11.8. The van der Waals surface area contributed by atoms with Gasteiger partial charge >= 0.3 is 24.2 Å². The predicted octanol–water partition coefficient (Wildman–Crippen LogP) is 5.78. The molecule has 12 nitrogen and oxygen atoms in total. The van der Waals surface area contributed by atoms with Crippen LogP contribution in [0.15, 0.2) is 48.5 Å². The van der Waals surface area contributed by atoms with E-state index < -0.39 is 24.2 Å². The van der Waals surface area contributed by atoms with Crippen LogP contribution in [0, 0.1) is 0 Å². The first kappa shape index (κ1) is 31.1. The highest BCUT2D eigenvalue weighted by molar-refractivity contribution is 5.89. The Kier molecular flexibility index (Phi) is 14.5. The van der Waals surface area contributed by atoms with Gasteiger partial charge in [0.25, 0.3) is 0 Å². The zero-order valence-corrected chi connectivity index (χ0v) is 21.9. The number of benzene rings is 2. The number of hydrogen-bond acceptors (Lipinski definition) is 12. The Morgan fingerprint density at radius 1 is 0.513 bits per heavy atom. The summed E-state index contributed by atoms with van der Waals surface area (Å²) in [6, 6.07) is 13.4. The smallest absolute Gasteiger partial charge is 0.432 e. The van der Waals surface area contributed by atoms with Gasteiger partial charge in [-0.25, -0.2) is 29.0 Å². The molecule has 0 aromatic heterocycles. The highest BCUT2D eigenvalue weighted by Gasteiger charge is 2.13. The van der Waals surface area contributed by atoms with E-state index in [1.807, 2.05) is 13.8 Å². The molecule has 2 rings (SSSR count). The quantitative estimate of drug-likeness (QED) is 0.109. The lowest BCUT2D eigenvalue weighted by atomic mass is 10.1. The summed E-state index contributed by atoms with van der Waals surface area (Å²) in [5.74, 6) is -1.63. The molecule has 0 unspecified atom stereocenters. The molecule has 0 saturated heterocycles. The third-order valence-corrected chi connectivity index (χ3v) is 5.35. The van der Waals surface area contributed by atoms with E-state index >= 15 is 0 Å². The minimum absolute atomic E-state index is 0.0796. The highest BCUT2D eigenvalue weighted by atomic mass is 17.5. The summed E-state index contributed by atoms with van der Waals surface area (Å²) in [5, 5.41) is 8.33. The Balaban J connectivity index is 1.39. The van der Waals surface area contributed by atoms with E-state index in [1.54, 1.807) is 48.5 Å². The van der Waals surface area contributed by atoms with Crippen LogP contribution in [0.2, 0.25) is 0 Å². The predicted molar refractivity (Wildman–Crippen MR) is 133 cm³/mol. The van der Waals surface area contributed by atoms with Gasteiger partial charge in [0.1, 0.15) is 0 Å². The van der Waals surface area contributed by atoms with Crippen molar-refractivity contribution in [3.05, 3.63) is 70.8 Å². The summed E-state index contributed by atoms with van der Waals surface area (Å²) in [5.41, 5.74) is 2.60. The molecule has 0 heterocycles. The van der Waals surface area contributed by atoms with Gasteiger partial charge in [-0.05, 0) is 61.1 Å². The first-order valence-corrected chi connectivity index (χ1v) is 12.5. The first-order valence-electron chi connectivity index (χ1n) is 12.5. The van der Waals surface area contributed by atoms with Crippen molar-refractivity contribution in [1.29, 1.82) is 0 Å². The molecule has 12 heteroatoms. The number of carbonyl (C=O) groups is 4. The zero-order chi connectivity index (χ0) is 28.3. The van der Waals surface area contributed by atoms with E-state index in [-0.39, 0.29) is 24.3 Å². The first-order chi connectivity index (χ1) is 18.9. The largest absolute Gasteiger partial charge is 0.543 e. The SMILES string of the molecule is CCc1ccc(C(=O)OOOC(=O)OCCCCCCCOC(=O)OOOC(=O)c2ccc(CC)cc2)cc1.